The average molecular weight is 237 g/mol. The Morgan fingerprint density at radius 2 is 2.38 bits per heavy atom. The second-order valence-electron chi connectivity index (χ2n) is 0.920. The van der Waals surface area contributed by atoms with E-state index in [-0.39, 0.29) is 3.26 Å². The van der Waals surface area contributed by atoms with Gasteiger partial charge in [-0.1, -0.05) is 28.5 Å². The van der Waals surface area contributed by atoms with E-state index in [2.05, 4.69) is 34.4 Å². The maximum atomic E-state index is 8.10. The standard InChI is InChI=1S/C5H4INS/c1-2-3-5(6)8-4-7/h5H,1H3. The average Bonchev–Trinajstić information content (AvgIpc) is 1.68. The fourth-order valence-corrected chi connectivity index (χ4v) is 1.11. The van der Waals surface area contributed by atoms with Crippen LogP contribution in [0.2, 0.25) is 0 Å². The third kappa shape index (κ3) is 4.29. The summed E-state index contributed by atoms with van der Waals surface area (Å²) >= 11 is 3.28. The third-order valence-corrected chi connectivity index (χ3v) is 1.92. The highest BCUT2D eigenvalue weighted by Gasteiger charge is 1.94. The van der Waals surface area contributed by atoms with Gasteiger partial charge in [0.05, 0.1) is 0 Å². The van der Waals surface area contributed by atoms with Crippen LogP contribution in [0.5, 0.6) is 0 Å². The van der Waals surface area contributed by atoms with Crippen molar-refractivity contribution in [1.82, 2.24) is 0 Å². The highest BCUT2D eigenvalue weighted by Crippen LogP contribution is 2.14. The zero-order chi connectivity index (χ0) is 6.41. The summed E-state index contributed by atoms with van der Waals surface area (Å²) in [5.41, 5.74) is 0. The van der Waals surface area contributed by atoms with Crippen LogP contribution in [-0.4, -0.2) is 3.26 Å². The van der Waals surface area contributed by atoms with Crippen molar-refractivity contribution in [3.05, 3.63) is 0 Å². The number of thiocyanates is 1. The summed E-state index contributed by atoms with van der Waals surface area (Å²) < 4.78 is 0.127. The molecule has 0 radical (unpaired) electrons. The van der Waals surface area contributed by atoms with E-state index in [0.717, 1.165) is 0 Å². The summed E-state index contributed by atoms with van der Waals surface area (Å²) in [5.74, 6) is 5.55. The highest BCUT2D eigenvalue weighted by atomic mass is 127. The van der Waals surface area contributed by atoms with Crippen LogP contribution in [0.3, 0.4) is 0 Å². The molecule has 0 aromatic carbocycles. The second kappa shape index (κ2) is 5.27. The van der Waals surface area contributed by atoms with Crippen molar-refractivity contribution in [3.8, 4) is 17.2 Å². The van der Waals surface area contributed by atoms with Gasteiger partial charge in [-0.05, 0) is 18.7 Å². The molecule has 1 atom stereocenters. The van der Waals surface area contributed by atoms with E-state index < -0.39 is 0 Å². The zero-order valence-electron chi connectivity index (χ0n) is 4.31. The van der Waals surface area contributed by atoms with Crippen LogP contribution in [0.25, 0.3) is 0 Å². The summed E-state index contributed by atoms with van der Waals surface area (Å²) in [6.07, 6.45) is 0. The molecule has 0 aliphatic rings. The lowest BCUT2D eigenvalue weighted by Gasteiger charge is -1.86. The largest absolute Gasteiger partial charge is 0.185 e. The van der Waals surface area contributed by atoms with Crippen molar-refractivity contribution in [2.24, 2.45) is 0 Å². The molecule has 1 unspecified atom stereocenters. The van der Waals surface area contributed by atoms with Crippen LogP contribution in [0.15, 0.2) is 0 Å². The molecule has 0 amide bonds. The van der Waals surface area contributed by atoms with Gasteiger partial charge in [-0.25, -0.2) is 0 Å². The molecule has 0 fully saturated rings. The van der Waals surface area contributed by atoms with E-state index in [0.29, 0.717) is 0 Å². The van der Waals surface area contributed by atoms with Crippen molar-refractivity contribution in [2.75, 3.05) is 0 Å². The van der Waals surface area contributed by atoms with Crippen molar-refractivity contribution in [1.29, 1.82) is 5.26 Å². The van der Waals surface area contributed by atoms with Gasteiger partial charge in [0.2, 0.25) is 0 Å². The minimum Gasteiger partial charge on any atom is -0.185 e. The first-order valence-corrected chi connectivity index (χ1v) is 4.05. The van der Waals surface area contributed by atoms with Crippen molar-refractivity contribution >= 4 is 34.4 Å². The highest BCUT2D eigenvalue weighted by molar-refractivity contribution is 14.1. The fourth-order valence-electron chi connectivity index (χ4n) is 0.189. The van der Waals surface area contributed by atoms with Gasteiger partial charge in [-0.2, -0.15) is 5.26 Å². The maximum Gasteiger partial charge on any atom is 0.135 e. The van der Waals surface area contributed by atoms with Gasteiger partial charge >= 0.3 is 0 Å². The van der Waals surface area contributed by atoms with Gasteiger partial charge in [0.15, 0.2) is 0 Å². The van der Waals surface area contributed by atoms with E-state index in [9.17, 15) is 0 Å². The molecular weight excluding hydrogens is 233 g/mol. The topological polar surface area (TPSA) is 23.8 Å². The minimum atomic E-state index is 0.127. The van der Waals surface area contributed by atoms with E-state index in [1.54, 1.807) is 6.92 Å². The third-order valence-electron chi connectivity index (χ3n) is 0.414. The number of rotatable bonds is 1. The minimum absolute atomic E-state index is 0.127. The van der Waals surface area contributed by atoms with E-state index in [4.69, 9.17) is 5.26 Å². The number of hydrogen-bond donors (Lipinski definition) is 0. The second-order valence-corrected chi connectivity index (χ2v) is 3.90. The Labute approximate surface area is 67.0 Å². The van der Waals surface area contributed by atoms with E-state index in [1.807, 2.05) is 5.40 Å². The predicted octanol–water partition coefficient (Wildman–Crippen LogP) is 1.99. The Bertz CT molecular complexity index is 150. The molecule has 0 saturated heterocycles. The Balaban J connectivity index is 3.47. The SMILES string of the molecule is CC#CC(I)SC#N. The summed E-state index contributed by atoms with van der Waals surface area (Å²) in [4.78, 5) is 0. The molecular formula is C5H4INS. The lowest BCUT2D eigenvalue weighted by molar-refractivity contribution is 1.57. The monoisotopic (exact) mass is 237 g/mol. The normalized spacial score (nSPS) is 10.6. The number of nitrogens with zero attached hydrogens (tertiary/aromatic N) is 1. The van der Waals surface area contributed by atoms with Gasteiger partial charge in [-0.15, -0.1) is 5.92 Å². The van der Waals surface area contributed by atoms with Gasteiger partial charge in [0, 0.05) is 0 Å². The Kier molecular flexibility index (Phi) is 5.36. The fraction of sp³-hybridized carbons (Fsp3) is 0.400. The van der Waals surface area contributed by atoms with Crippen LogP contribution in [0.1, 0.15) is 6.92 Å². The predicted molar refractivity (Wildman–Crippen MR) is 44.5 cm³/mol. The van der Waals surface area contributed by atoms with Crippen LogP contribution >= 0.6 is 34.4 Å². The molecule has 42 valence electrons. The molecule has 3 heteroatoms. The van der Waals surface area contributed by atoms with E-state index in [1.165, 1.54) is 11.8 Å². The zero-order valence-corrected chi connectivity index (χ0v) is 7.28. The molecule has 0 saturated carbocycles. The number of halogens is 1. The molecule has 8 heavy (non-hydrogen) atoms. The number of hydrogen-bond acceptors (Lipinski definition) is 2. The van der Waals surface area contributed by atoms with Gasteiger partial charge in [0.25, 0.3) is 0 Å². The Morgan fingerprint density at radius 3 is 2.75 bits per heavy atom. The first-order chi connectivity index (χ1) is 3.81. The molecule has 0 aliphatic heterocycles. The van der Waals surface area contributed by atoms with Crippen molar-refractivity contribution < 1.29 is 0 Å². The summed E-state index contributed by atoms with van der Waals surface area (Å²) in [7, 11) is 0. The summed E-state index contributed by atoms with van der Waals surface area (Å²) in [6.45, 7) is 1.77. The number of nitriles is 1. The number of alkyl halides is 1. The quantitative estimate of drug-likeness (QED) is 0.301. The first kappa shape index (κ1) is 8.13. The molecule has 0 N–H and O–H groups in total. The molecule has 0 spiro atoms. The van der Waals surface area contributed by atoms with Crippen LogP contribution in [-0.2, 0) is 0 Å². The van der Waals surface area contributed by atoms with Gasteiger partial charge in [0.1, 0.15) is 8.66 Å². The Hall–Kier alpha value is 0.130. The number of thioether (sulfide) groups is 1. The molecule has 0 rings (SSSR count). The first-order valence-electron chi connectivity index (χ1n) is 1.92. The molecule has 1 nitrogen and oxygen atoms in total. The summed E-state index contributed by atoms with van der Waals surface area (Å²) in [6, 6.07) is 0. The molecule has 0 heterocycles. The smallest absolute Gasteiger partial charge is 0.135 e. The van der Waals surface area contributed by atoms with Crippen molar-refractivity contribution in [3.63, 3.8) is 0 Å². The maximum absolute atomic E-state index is 8.10. The lowest BCUT2D eigenvalue weighted by Crippen LogP contribution is -1.79. The molecule has 0 aromatic rings. The van der Waals surface area contributed by atoms with E-state index >= 15 is 0 Å². The van der Waals surface area contributed by atoms with Gasteiger partial charge in [-0.3, -0.25) is 0 Å². The lowest BCUT2D eigenvalue weighted by atomic mass is 10.7. The molecule has 0 aliphatic carbocycles. The van der Waals surface area contributed by atoms with Crippen LogP contribution in [0, 0.1) is 22.5 Å². The Morgan fingerprint density at radius 1 is 1.75 bits per heavy atom. The van der Waals surface area contributed by atoms with Crippen LogP contribution < -0.4 is 0 Å². The van der Waals surface area contributed by atoms with Crippen molar-refractivity contribution in [2.45, 2.75) is 10.2 Å². The van der Waals surface area contributed by atoms with Gasteiger partial charge < -0.3 is 0 Å². The molecule has 0 aromatic heterocycles. The molecule has 0 bridgehead atoms. The summed E-state index contributed by atoms with van der Waals surface area (Å²) in [5, 5.41) is 10.1. The van der Waals surface area contributed by atoms with Crippen LogP contribution in [0.4, 0.5) is 0 Å².